The number of hydrogen-bond donors (Lipinski definition) is 3. The monoisotopic (exact) mass is 376 g/mol. The molecule has 1 aliphatic rings. The summed E-state index contributed by atoms with van der Waals surface area (Å²) in [5.74, 6) is 6.36. The third-order valence-electron chi connectivity index (χ3n) is 4.63. The Morgan fingerprint density at radius 3 is 2.59 bits per heavy atom. The van der Waals surface area contributed by atoms with E-state index in [1.165, 1.54) is 11.6 Å². The van der Waals surface area contributed by atoms with Crippen molar-refractivity contribution in [2.75, 3.05) is 37.7 Å². The third-order valence-corrected chi connectivity index (χ3v) is 4.63. The molecule has 1 unspecified atom stereocenters. The fourth-order valence-electron chi connectivity index (χ4n) is 3.19. The maximum Gasteiger partial charge on any atom is 0.332 e. The van der Waals surface area contributed by atoms with Gasteiger partial charge >= 0.3 is 5.69 Å². The first-order valence-corrected chi connectivity index (χ1v) is 8.83. The summed E-state index contributed by atoms with van der Waals surface area (Å²) in [7, 11) is 1.39. The molecule has 0 aliphatic carbocycles. The third kappa shape index (κ3) is 3.49. The van der Waals surface area contributed by atoms with Gasteiger partial charge in [0.1, 0.15) is 0 Å². The van der Waals surface area contributed by atoms with Crippen LogP contribution in [-0.4, -0.2) is 67.8 Å². The summed E-state index contributed by atoms with van der Waals surface area (Å²) in [6, 6.07) is 0. The van der Waals surface area contributed by atoms with E-state index in [4.69, 9.17) is 5.11 Å². The molecule has 3 rings (SSSR count). The van der Waals surface area contributed by atoms with E-state index in [1.807, 2.05) is 4.90 Å². The summed E-state index contributed by atoms with van der Waals surface area (Å²) < 4.78 is 3.95. The van der Waals surface area contributed by atoms with E-state index in [1.54, 1.807) is 11.5 Å². The summed E-state index contributed by atoms with van der Waals surface area (Å²) in [6.07, 6.45) is -1.13. The Bertz CT molecular complexity index is 1000. The van der Waals surface area contributed by atoms with Gasteiger partial charge in [-0.25, -0.2) is 4.79 Å². The first kappa shape index (κ1) is 19.2. The molecule has 146 valence electrons. The average Bonchev–Trinajstić information content (AvgIpc) is 3.07. The number of fused-ring (bicyclic) bond motifs is 1. The molecular weight excluding hydrogens is 352 g/mol. The van der Waals surface area contributed by atoms with Gasteiger partial charge in [0.2, 0.25) is 5.95 Å². The highest BCUT2D eigenvalue weighted by Gasteiger charge is 2.24. The van der Waals surface area contributed by atoms with Gasteiger partial charge in [-0.15, -0.1) is 5.92 Å². The fourth-order valence-corrected chi connectivity index (χ4v) is 3.19. The number of rotatable bonds is 5. The van der Waals surface area contributed by atoms with Crippen molar-refractivity contribution in [1.82, 2.24) is 24.0 Å². The summed E-state index contributed by atoms with van der Waals surface area (Å²) in [5.41, 5.74) is -0.588. The molecule has 1 aliphatic heterocycles. The highest BCUT2D eigenvalue weighted by atomic mass is 16.3. The van der Waals surface area contributed by atoms with Crippen LogP contribution in [0.5, 0.6) is 0 Å². The highest BCUT2D eigenvalue weighted by molar-refractivity contribution is 5.75. The van der Waals surface area contributed by atoms with Gasteiger partial charge in [0.15, 0.2) is 11.2 Å². The van der Waals surface area contributed by atoms with Gasteiger partial charge in [0, 0.05) is 33.2 Å². The molecule has 2 aromatic heterocycles. The zero-order valence-electron chi connectivity index (χ0n) is 15.5. The Morgan fingerprint density at radius 1 is 1.26 bits per heavy atom. The van der Waals surface area contributed by atoms with Crippen molar-refractivity contribution in [3.05, 3.63) is 20.8 Å². The Kier molecular flexibility index (Phi) is 5.65. The molecule has 0 amide bonds. The average molecular weight is 376 g/mol. The lowest BCUT2D eigenvalue weighted by molar-refractivity contribution is 0.0807. The van der Waals surface area contributed by atoms with Crippen LogP contribution >= 0.6 is 0 Å². The van der Waals surface area contributed by atoms with Gasteiger partial charge in [0.05, 0.1) is 25.8 Å². The van der Waals surface area contributed by atoms with E-state index in [9.17, 15) is 14.7 Å². The van der Waals surface area contributed by atoms with Crippen molar-refractivity contribution in [2.45, 2.75) is 26.1 Å². The molecule has 10 nitrogen and oxygen atoms in total. The molecule has 1 fully saturated rings. The highest BCUT2D eigenvalue weighted by Crippen LogP contribution is 2.20. The van der Waals surface area contributed by atoms with Crippen LogP contribution in [0, 0.1) is 11.8 Å². The molecule has 3 N–H and O–H groups in total. The molecule has 3 heterocycles. The SMILES string of the molecule is CC#CCn1c(N2CCNCC2)nc2c1c(=O)n(C)c(=O)n2CC(O)CO. The van der Waals surface area contributed by atoms with Crippen LogP contribution in [0.2, 0.25) is 0 Å². The second-order valence-corrected chi connectivity index (χ2v) is 6.43. The quantitative estimate of drug-likeness (QED) is 0.502. The molecule has 1 atom stereocenters. The van der Waals surface area contributed by atoms with Crippen LogP contribution in [0.15, 0.2) is 9.59 Å². The Morgan fingerprint density at radius 2 is 1.96 bits per heavy atom. The van der Waals surface area contributed by atoms with Crippen molar-refractivity contribution in [1.29, 1.82) is 0 Å². The van der Waals surface area contributed by atoms with E-state index in [2.05, 4.69) is 22.1 Å². The maximum absolute atomic E-state index is 12.8. The molecule has 0 saturated carbocycles. The van der Waals surface area contributed by atoms with Crippen LogP contribution in [0.3, 0.4) is 0 Å². The molecule has 0 spiro atoms. The number of aliphatic hydroxyl groups is 2. The van der Waals surface area contributed by atoms with Gasteiger partial charge in [-0.05, 0) is 6.92 Å². The van der Waals surface area contributed by atoms with Crippen LogP contribution in [0.25, 0.3) is 11.2 Å². The number of imidazole rings is 1. The minimum absolute atomic E-state index is 0.155. The summed E-state index contributed by atoms with van der Waals surface area (Å²) >= 11 is 0. The zero-order valence-corrected chi connectivity index (χ0v) is 15.5. The molecule has 0 bridgehead atoms. The standard InChI is InChI=1S/C17H24N6O4/c1-3-4-7-22-13-14(19-16(22)21-8-5-18-6-9-21)23(10-12(25)11-24)17(27)20(2)15(13)26/h12,18,24-25H,5-11H2,1-2H3. The van der Waals surface area contributed by atoms with Gasteiger partial charge in [-0.1, -0.05) is 5.92 Å². The van der Waals surface area contributed by atoms with Gasteiger partial charge in [-0.2, -0.15) is 4.98 Å². The van der Waals surface area contributed by atoms with E-state index in [0.29, 0.717) is 19.0 Å². The molecule has 0 radical (unpaired) electrons. The number of nitrogens with one attached hydrogen (secondary N) is 1. The molecule has 2 aromatic rings. The van der Waals surface area contributed by atoms with E-state index in [-0.39, 0.29) is 24.3 Å². The van der Waals surface area contributed by atoms with Crippen LogP contribution < -0.4 is 21.5 Å². The van der Waals surface area contributed by atoms with Crippen molar-refractivity contribution in [3.63, 3.8) is 0 Å². The lowest BCUT2D eigenvalue weighted by Crippen LogP contribution is -2.44. The van der Waals surface area contributed by atoms with E-state index < -0.39 is 24.0 Å². The van der Waals surface area contributed by atoms with Crippen molar-refractivity contribution in [3.8, 4) is 11.8 Å². The first-order chi connectivity index (χ1) is 13.0. The topological polar surface area (TPSA) is 118 Å². The Labute approximate surface area is 155 Å². The van der Waals surface area contributed by atoms with Gasteiger partial charge in [0.25, 0.3) is 5.56 Å². The maximum atomic E-state index is 12.8. The number of aliphatic hydroxyl groups excluding tert-OH is 2. The zero-order chi connectivity index (χ0) is 19.6. The Balaban J connectivity index is 2.30. The lowest BCUT2D eigenvalue weighted by atomic mass is 10.3. The predicted octanol–water partition coefficient (Wildman–Crippen LogP) is -2.32. The Hall–Kier alpha value is -2.61. The second-order valence-electron chi connectivity index (χ2n) is 6.43. The van der Waals surface area contributed by atoms with Crippen LogP contribution in [0.4, 0.5) is 5.95 Å². The van der Waals surface area contributed by atoms with E-state index in [0.717, 1.165) is 17.7 Å². The number of hydrogen-bond acceptors (Lipinski definition) is 7. The van der Waals surface area contributed by atoms with Crippen LogP contribution in [0.1, 0.15) is 6.92 Å². The van der Waals surface area contributed by atoms with Crippen molar-refractivity contribution >= 4 is 17.1 Å². The first-order valence-electron chi connectivity index (χ1n) is 8.83. The molecule has 0 aromatic carbocycles. The minimum atomic E-state index is -1.13. The fraction of sp³-hybridized carbons (Fsp3) is 0.588. The molecule has 1 saturated heterocycles. The molecule has 27 heavy (non-hydrogen) atoms. The summed E-state index contributed by atoms with van der Waals surface area (Å²) in [4.78, 5) is 32.1. The number of nitrogens with zero attached hydrogens (tertiary/aromatic N) is 5. The van der Waals surface area contributed by atoms with Crippen molar-refractivity contribution < 1.29 is 10.2 Å². The largest absolute Gasteiger partial charge is 0.394 e. The predicted molar refractivity (Wildman–Crippen MR) is 101 cm³/mol. The van der Waals surface area contributed by atoms with Crippen LogP contribution in [-0.2, 0) is 20.1 Å². The number of anilines is 1. The van der Waals surface area contributed by atoms with E-state index >= 15 is 0 Å². The van der Waals surface area contributed by atoms with Gasteiger partial charge < -0.3 is 20.4 Å². The normalized spacial score (nSPS) is 15.6. The summed E-state index contributed by atoms with van der Waals surface area (Å²) in [6.45, 7) is 4.34. The number of piperazine rings is 1. The smallest absolute Gasteiger partial charge is 0.332 e. The minimum Gasteiger partial charge on any atom is -0.394 e. The summed E-state index contributed by atoms with van der Waals surface area (Å²) in [5, 5.41) is 22.3. The molecular formula is C17H24N6O4. The number of aromatic nitrogens is 4. The van der Waals surface area contributed by atoms with Crippen molar-refractivity contribution in [2.24, 2.45) is 7.05 Å². The van der Waals surface area contributed by atoms with Gasteiger partial charge in [-0.3, -0.25) is 18.5 Å². The lowest BCUT2D eigenvalue weighted by Gasteiger charge is -2.28. The second kappa shape index (κ2) is 7.96. The molecule has 10 heteroatoms.